The molecule has 1 aromatic carbocycles. The van der Waals surface area contributed by atoms with Crippen LogP contribution < -0.4 is 10.6 Å². The molecule has 0 spiro atoms. The lowest BCUT2D eigenvalue weighted by Gasteiger charge is -2.24. The SMILES string of the molecule is O=[N+]([O-])c1cc(Cl)c(NCC2COCCN2)c(Cl)c1. The molecule has 2 rings (SSSR count). The van der Waals surface area contributed by atoms with Crippen molar-refractivity contribution >= 4 is 34.6 Å². The average molecular weight is 306 g/mol. The lowest BCUT2D eigenvalue weighted by Crippen LogP contribution is -2.45. The second-order valence-corrected chi connectivity index (χ2v) is 4.96. The quantitative estimate of drug-likeness (QED) is 0.659. The van der Waals surface area contributed by atoms with E-state index in [4.69, 9.17) is 27.9 Å². The Labute approximate surface area is 120 Å². The summed E-state index contributed by atoms with van der Waals surface area (Å²) >= 11 is 12.0. The van der Waals surface area contributed by atoms with Crippen molar-refractivity contribution in [3.05, 3.63) is 32.3 Å². The number of nitro benzene ring substituents is 1. The molecule has 0 radical (unpaired) electrons. The van der Waals surface area contributed by atoms with Crippen LogP contribution in [0.2, 0.25) is 10.0 Å². The highest BCUT2D eigenvalue weighted by atomic mass is 35.5. The molecule has 1 unspecified atom stereocenters. The van der Waals surface area contributed by atoms with Crippen LogP contribution in [0.15, 0.2) is 12.1 Å². The molecular weight excluding hydrogens is 293 g/mol. The molecule has 0 amide bonds. The van der Waals surface area contributed by atoms with Crippen molar-refractivity contribution in [2.24, 2.45) is 0 Å². The van der Waals surface area contributed by atoms with Crippen LogP contribution in [0.5, 0.6) is 0 Å². The van der Waals surface area contributed by atoms with E-state index in [1.165, 1.54) is 12.1 Å². The smallest absolute Gasteiger partial charge is 0.272 e. The summed E-state index contributed by atoms with van der Waals surface area (Å²) in [5, 5.41) is 17.5. The van der Waals surface area contributed by atoms with Gasteiger partial charge in [-0.15, -0.1) is 0 Å². The van der Waals surface area contributed by atoms with Crippen molar-refractivity contribution in [3.63, 3.8) is 0 Å². The van der Waals surface area contributed by atoms with Gasteiger partial charge < -0.3 is 15.4 Å². The van der Waals surface area contributed by atoms with E-state index in [1.54, 1.807) is 0 Å². The highest BCUT2D eigenvalue weighted by molar-refractivity contribution is 6.39. The molecule has 1 aliphatic heterocycles. The summed E-state index contributed by atoms with van der Waals surface area (Å²) < 4.78 is 5.32. The van der Waals surface area contributed by atoms with Crippen molar-refractivity contribution < 1.29 is 9.66 Å². The zero-order valence-electron chi connectivity index (χ0n) is 9.99. The van der Waals surface area contributed by atoms with Crippen LogP contribution in [-0.2, 0) is 4.74 Å². The van der Waals surface area contributed by atoms with Crippen molar-refractivity contribution in [1.82, 2.24) is 5.32 Å². The Morgan fingerprint density at radius 3 is 2.68 bits per heavy atom. The highest BCUT2D eigenvalue weighted by Crippen LogP contribution is 2.34. The van der Waals surface area contributed by atoms with Crippen LogP contribution in [0.4, 0.5) is 11.4 Å². The van der Waals surface area contributed by atoms with Gasteiger partial charge in [-0.2, -0.15) is 0 Å². The van der Waals surface area contributed by atoms with Crippen LogP contribution >= 0.6 is 23.2 Å². The third kappa shape index (κ3) is 3.70. The van der Waals surface area contributed by atoms with E-state index in [9.17, 15) is 10.1 Å². The van der Waals surface area contributed by atoms with E-state index >= 15 is 0 Å². The molecule has 0 aliphatic carbocycles. The standard InChI is InChI=1S/C11H13Cl2N3O3/c12-9-3-8(16(17)18)4-10(13)11(9)15-5-7-6-19-2-1-14-7/h3-4,7,14-15H,1-2,5-6H2. The van der Waals surface area contributed by atoms with E-state index in [1.807, 2.05) is 0 Å². The fraction of sp³-hybridized carbons (Fsp3) is 0.455. The lowest BCUT2D eigenvalue weighted by atomic mass is 10.2. The molecule has 1 fully saturated rings. The molecule has 19 heavy (non-hydrogen) atoms. The zero-order chi connectivity index (χ0) is 13.8. The fourth-order valence-corrected chi connectivity index (χ4v) is 2.42. The minimum atomic E-state index is -0.530. The maximum atomic E-state index is 10.7. The second-order valence-electron chi connectivity index (χ2n) is 4.15. The maximum absolute atomic E-state index is 10.7. The molecule has 104 valence electrons. The number of non-ortho nitro benzene ring substituents is 1. The number of morpholine rings is 1. The normalized spacial score (nSPS) is 19.2. The van der Waals surface area contributed by atoms with Crippen LogP contribution in [0.3, 0.4) is 0 Å². The Balaban J connectivity index is 2.05. The van der Waals surface area contributed by atoms with E-state index in [0.29, 0.717) is 25.4 Å². The zero-order valence-corrected chi connectivity index (χ0v) is 11.5. The number of nitro groups is 1. The molecule has 2 N–H and O–H groups in total. The predicted molar refractivity (Wildman–Crippen MR) is 74.2 cm³/mol. The van der Waals surface area contributed by atoms with Crippen LogP contribution in [0.25, 0.3) is 0 Å². The number of benzene rings is 1. The number of rotatable bonds is 4. The number of halogens is 2. The first kappa shape index (κ1) is 14.3. The van der Waals surface area contributed by atoms with Crippen molar-refractivity contribution in [3.8, 4) is 0 Å². The Morgan fingerprint density at radius 1 is 1.47 bits per heavy atom. The maximum Gasteiger partial charge on any atom is 0.272 e. The first-order valence-corrected chi connectivity index (χ1v) is 6.52. The van der Waals surface area contributed by atoms with Gasteiger partial charge in [-0.3, -0.25) is 10.1 Å². The first-order chi connectivity index (χ1) is 9.08. The van der Waals surface area contributed by atoms with Crippen molar-refractivity contribution in [2.45, 2.75) is 6.04 Å². The molecule has 1 aliphatic rings. The third-order valence-corrected chi connectivity index (χ3v) is 3.36. The molecule has 1 saturated heterocycles. The average Bonchev–Trinajstić information content (AvgIpc) is 2.38. The summed E-state index contributed by atoms with van der Waals surface area (Å²) in [7, 11) is 0. The molecular formula is C11H13Cl2N3O3. The first-order valence-electron chi connectivity index (χ1n) is 5.76. The van der Waals surface area contributed by atoms with Gasteiger partial charge in [-0.05, 0) is 0 Å². The van der Waals surface area contributed by atoms with E-state index in [2.05, 4.69) is 10.6 Å². The summed E-state index contributed by atoms with van der Waals surface area (Å²) in [5.41, 5.74) is 0.376. The molecule has 0 saturated carbocycles. The van der Waals surface area contributed by atoms with E-state index < -0.39 is 4.92 Å². The van der Waals surface area contributed by atoms with Gasteiger partial charge >= 0.3 is 0 Å². The van der Waals surface area contributed by atoms with E-state index in [0.717, 1.165) is 6.54 Å². The minimum Gasteiger partial charge on any atom is -0.381 e. The van der Waals surface area contributed by atoms with Gasteiger partial charge in [0.15, 0.2) is 0 Å². The summed E-state index contributed by atoms with van der Waals surface area (Å²) in [4.78, 5) is 10.1. The minimum absolute atomic E-state index is 0.125. The summed E-state index contributed by atoms with van der Waals surface area (Å²) in [6, 6.07) is 2.72. The number of nitrogens with one attached hydrogen (secondary N) is 2. The largest absolute Gasteiger partial charge is 0.381 e. The molecule has 6 nitrogen and oxygen atoms in total. The number of ether oxygens (including phenoxy) is 1. The van der Waals surface area contributed by atoms with Crippen LogP contribution in [0, 0.1) is 10.1 Å². The highest BCUT2D eigenvalue weighted by Gasteiger charge is 2.17. The number of hydrogen-bond acceptors (Lipinski definition) is 5. The Hall–Kier alpha value is -1.08. The van der Waals surface area contributed by atoms with Crippen molar-refractivity contribution in [2.75, 3.05) is 31.6 Å². The molecule has 0 aromatic heterocycles. The van der Waals surface area contributed by atoms with Gasteiger partial charge in [0.1, 0.15) is 0 Å². The number of nitrogens with zero attached hydrogens (tertiary/aromatic N) is 1. The number of anilines is 1. The Kier molecular flexibility index (Phi) is 4.81. The number of hydrogen-bond donors (Lipinski definition) is 2. The molecule has 1 heterocycles. The van der Waals surface area contributed by atoms with Crippen LogP contribution in [-0.4, -0.2) is 37.3 Å². The van der Waals surface area contributed by atoms with Gasteiger partial charge in [0.2, 0.25) is 0 Å². The molecule has 1 aromatic rings. The van der Waals surface area contributed by atoms with Gasteiger partial charge in [0, 0.05) is 31.3 Å². The fourth-order valence-electron chi connectivity index (χ4n) is 1.81. The van der Waals surface area contributed by atoms with Gasteiger partial charge in [-0.1, -0.05) is 23.2 Å². The molecule has 0 bridgehead atoms. The summed E-state index contributed by atoms with van der Waals surface area (Å²) in [5.74, 6) is 0. The molecule has 1 atom stereocenters. The lowest BCUT2D eigenvalue weighted by molar-refractivity contribution is -0.384. The molecule has 8 heteroatoms. The Bertz CT molecular complexity index is 455. The van der Waals surface area contributed by atoms with Gasteiger partial charge in [-0.25, -0.2) is 0 Å². The second kappa shape index (κ2) is 6.38. The van der Waals surface area contributed by atoms with Gasteiger partial charge in [0.25, 0.3) is 5.69 Å². The third-order valence-electron chi connectivity index (χ3n) is 2.76. The van der Waals surface area contributed by atoms with Crippen molar-refractivity contribution in [1.29, 1.82) is 0 Å². The topological polar surface area (TPSA) is 76.4 Å². The monoisotopic (exact) mass is 305 g/mol. The van der Waals surface area contributed by atoms with Crippen LogP contribution in [0.1, 0.15) is 0 Å². The summed E-state index contributed by atoms with van der Waals surface area (Å²) in [6.45, 7) is 2.69. The summed E-state index contributed by atoms with van der Waals surface area (Å²) in [6.07, 6.45) is 0. The van der Waals surface area contributed by atoms with E-state index in [-0.39, 0.29) is 21.8 Å². The van der Waals surface area contributed by atoms with Gasteiger partial charge in [0.05, 0.1) is 33.9 Å². The Morgan fingerprint density at radius 2 is 2.16 bits per heavy atom. The predicted octanol–water partition coefficient (Wildman–Crippen LogP) is 2.30.